The Bertz CT molecular complexity index is 1750. The summed E-state index contributed by atoms with van der Waals surface area (Å²) in [5.74, 6) is -0.472. The number of hydrogen-bond acceptors (Lipinski definition) is 9. The molecule has 1 unspecified atom stereocenters. The summed E-state index contributed by atoms with van der Waals surface area (Å²) in [5.41, 5.74) is 1.89. The lowest BCUT2D eigenvalue weighted by molar-refractivity contribution is -0.130. The minimum Gasteiger partial charge on any atom is -0.345 e. The van der Waals surface area contributed by atoms with Crippen molar-refractivity contribution in [3.63, 3.8) is 0 Å². The highest BCUT2D eigenvalue weighted by Gasteiger charge is 2.33. The van der Waals surface area contributed by atoms with E-state index in [1.807, 2.05) is 17.5 Å². The second-order valence-corrected chi connectivity index (χ2v) is 13.8. The fraction of sp³-hybridized carbons (Fsp3) is 0.250. The second-order valence-electron chi connectivity index (χ2n) is 9.77. The zero-order chi connectivity index (χ0) is 30.7. The van der Waals surface area contributed by atoms with Crippen LogP contribution in [-0.4, -0.2) is 69.9 Å². The van der Waals surface area contributed by atoms with E-state index in [2.05, 4.69) is 20.6 Å². The third-order valence-electron chi connectivity index (χ3n) is 6.78. The number of aromatic nitrogens is 3. The maximum Gasteiger partial charge on any atom is 0.253 e. The number of nitrogens with one attached hydrogen (secondary N) is 1. The number of hydrogen-bond donors (Lipinski definition) is 1. The number of thiophene rings is 1. The fourth-order valence-electron chi connectivity index (χ4n) is 4.34. The van der Waals surface area contributed by atoms with Gasteiger partial charge in [0.1, 0.15) is 5.82 Å². The van der Waals surface area contributed by atoms with Crippen molar-refractivity contribution in [2.75, 3.05) is 19.8 Å². The largest absolute Gasteiger partial charge is 0.345 e. The van der Waals surface area contributed by atoms with E-state index in [4.69, 9.17) is 0 Å². The number of nitrogens with zero attached hydrogens (tertiary/aromatic N) is 6. The molecule has 1 aliphatic rings. The van der Waals surface area contributed by atoms with Crippen molar-refractivity contribution in [1.82, 2.24) is 29.4 Å². The Morgan fingerprint density at radius 3 is 2.47 bits per heavy atom. The molecule has 43 heavy (non-hydrogen) atoms. The molecule has 0 saturated carbocycles. The highest BCUT2D eigenvalue weighted by Crippen LogP contribution is 2.34. The molecule has 1 atom stereocenters. The average Bonchev–Trinajstić information content (AvgIpc) is 3.76. The summed E-state index contributed by atoms with van der Waals surface area (Å²) < 4.78 is 40.9. The Kier molecular flexibility index (Phi) is 9.05. The third kappa shape index (κ3) is 6.69. The molecule has 4 aromatic rings. The smallest absolute Gasteiger partial charge is 0.253 e. The number of halogens is 1. The molecular formula is C28H28FN7O4S3. The molecule has 0 bridgehead atoms. The van der Waals surface area contributed by atoms with Gasteiger partial charge in [-0.3, -0.25) is 9.59 Å². The van der Waals surface area contributed by atoms with Crippen LogP contribution in [0.25, 0.3) is 0 Å². The Labute approximate surface area is 256 Å². The van der Waals surface area contributed by atoms with Crippen LogP contribution in [0.15, 0.2) is 81.2 Å². The summed E-state index contributed by atoms with van der Waals surface area (Å²) >= 11 is 2.74. The van der Waals surface area contributed by atoms with E-state index in [0.29, 0.717) is 23.0 Å². The fourth-order valence-corrected chi connectivity index (χ4v) is 6.75. The summed E-state index contributed by atoms with van der Waals surface area (Å²) in [5, 5.41) is 19.6. The first-order chi connectivity index (χ1) is 20.5. The van der Waals surface area contributed by atoms with Gasteiger partial charge in [0.25, 0.3) is 11.8 Å². The SMILES string of the molecule is CN(C)S(=O)(=O)c1ccc(C(=O)NCc2nnc(SCC(=O)N3N=C(c4cccs4)CC3c3ccc(F)cc3)n2C)cc1. The van der Waals surface area contributed by atoms with E-state index in [-0.39, 0.29) is 35.0 Å². The summed E-state index contributed by atoms with van der Waals surface area (Å²) in [6.45, 7) is 0.0713. The number of amides is 2. The van der Waals surface area contributed by atoms with Crippen LogP contribution < -0.4 is 5.32 Å². The number of thioether (sulfide) groups is 1. The van der Waals surface area contributed by atoms with E-state index in [9.17, 15) is 22.4 Å². The monoisotopic (exact) mass is 641 g/mol. The lowest BCUT2D eigenvalue weighted by atomic mass is 10.0. The highest BCUT2D eigenvalue weighted by molar-refractivity contribution is 7.99. The normalized spacial score (nSPS) is 15.1. The zero-order valence-electron chi connectivity index (χ0n) is 23.5. The minimum atomic E-state index is -3.60. The molecule has 15 heteroatoms. The van der Waals surface area contributed by atoms with Crippen LogP contribution in [0.4, 0.5) is 4.39 Å². The van der Waals surface area contributed by atoms with Gasteiger partial charge in [-0.2, -0.15) is 5.10 Å². The summed E-state index contributed by atoms with van der Waals surface area (Å²) in [6, 6.07) is 15.3. The lowest BCUT2D eigenvalue weighted by Gasteiger charge is -2.21. The molecule has 2 amide bonds. The predicted octanol–water partition coefficient (Wildman–Crippen LogP) is 3.67. The van der Waals surface area contributed by atoms with E-state index in [0.717, 1.165) is 20.5 Å². The van der Waals surface area contributed by atoms with Crippen LogP contribution in [0.5, 0.6) is 0 Å². The van der Waals surface area contributed by atoms with Gasteiger partial charge < -0.3 is 9.88 Å². The Morgan fingerprint density at radius 1 is 1.09 bits per heavy atom. The number of rotatable bonds is 10. The van der Waals surface area contributed by atoms with Crippen LogP contribution in [-0.2, 0) is 28.4 Å². The first-order valence-electron chi connectivity index (χ1n) is 13.1. The number of carbonyl (C=O) groups is 2. The molecule has 2 aromatic heterocycles. The molecule has 2 aromatic carbocycles. The maximum atomic E-state index is 13.6. The van der Waals surface area contributed by atoms with Gasteiger partial charge in [-0.25, -0.2) is 22.1 Å². The lowest BCUT2D eigenvalue weighted by Crippen LogP contribution is -2.28. The molecule has 224 valence electrons. The van der Waals surface area contributed by atoms with Crippen LogP contribution in [0.2, 0.25) is 0 Å². The van der Waals surface area contributed by atoms with E-state index < -0.39 is 15.9 Å². The summed E-state index contributed by atoms with van der Waals surface area (Å²) in [6.07, 6.45) is 0.518. The van der Waals surface area contributed by atoms with Gasteiger partial charge in [-0.05, 0) is 53.4 Å². The number of carbonyl (C=O) groups excluding carboxylic acids is 2. The molecule has 11 nitrogen and oxygen atoms in total. The molecular weight excluding hydrogens is 614 g/mol. The van der Waals surface area contributed by atoms with Crippen LogP contribution >= 0.6 is 23.1 Å². The van der Waals surface area contributed by atoms with Gasteiger partial charge in [-0.1, -0.05) is 30.0 Å². The summed E-state index contributed by atoms with van der Waals surface area (Å²) in [4.78, 5) is 27.1. The molecule has 3 heterocycles. The van der Waals surface area contributed by atoms with E-state index in [1.165, 1.54) is 67.3 Å². The van der Waals surface area contributed by atoms with Crippen molar-refractivity contribution in [3.8, 4) is 0 Å². The standard InChI is InChI=1S/C28H28FN7O4S3/c1-34(2)43(39,40)21-12-8-19(9-13-21)27(38)30-16-25-31-32-28(35(25)3)42-17-26(37)36-23(18-6-10-20(29)11-7-18)15-22(33-36)24-5-4-14-41-24/h4-14,23H,15-17H2,1-3H3,(H,30,38). The highest BCUT2D eigenvalue weighted by atomic mass is 32.2. The molecule has 0 spiro atoms. The van der Waals surface area contributed by atoms with Crippen molar-refractivity contribution in [3.05, 3.63) is 93.7 Å². The van der Waals surface area contributed by atoms with Gasteiger partial charge in [0.2, 0.25) is 10.0 Å². The van der Waals surface area contributed by atoms with E-state index >= 15 is 0 Å². The maximum absolute atomic E-state index is 13.6. The summed E-state index contributed by atoms with van der Waals surface area (Å²) in [7, 11) is 1.01. The first-order valence-corrected chi connectivity index (χ1v) is 16.4. The molecule has 0 fully saturated rings. The number of hydrazone groups is 1. The van der Waals surface area contributed by atoms with Crippen molar-refractivity contribution in [2.45, 2.75) is 29.1 Å². The van der Waals surface area contributed by atoms with Crippen LogP contribution in [0.1, 0.15) is 39.1 Å². The Hall–Kier alpha value is -3.92. The molecule has 0 saturated heterocycles. The van der Waals surface area contributed by atoms with E-state index in [1.54, 1.807) is 35.1 Å². The van der Waals surface area contributed by atoms with Gasteiger partial charge >= 0.3 is 0 Å². The Balaban J connectivity index is 1.21. The van der Waals surface area contributed by atoms with Crippen molar-refractivity contribution in [1.29, 1.82) is 0 Å². The molecule has 1 aliphatic heterocycles. The van der Waals surface area contributed by atoms with Gasteiger partial charge in [-0.15, -0.1) is 21.5 Å². The van der Waals surface area contributed by atoms with Gasteiger partial charge in [0, 0.05) is 33.1 Å². The number of benzene rings is 2. The zero-order valence-corrected chi connectivity index (χ0v) is 25.9. The van der Waals surface area contributed by atoms with Gasteiger partial charge in [0.05, 0.1) is 33.8 Å². The Morgan fingerprint density at radius 2 is 1.81 bits per heavy atom. The minimum absolute atomic E-state index is 0.0411. The van der Waals surface area contributed by atoms with Gasteiger partial charge in [0.15, 0.2) is 11.0 Å². The predicted molar refractivity (Wildman–Crippen MR) is 162 cm³/mol. The first kappa shape index (κ1) is 30.5. The van der Waals surface area contributed by atoms with Crippen LogP contribution in [0, 0.1) is 5.82 Å². The van der Waals surface area contributed by atoms with Crippen molar-refractivity contribution >= 4 is 50.6 Å². The topological polar surface area (TPSA) is 130 Å². The van der Waals surface area contributed by atoms with Crippen molar-refractivity contribution in [2.24, 2.45) is 12.1 Å². The second kappa shape index (κ2) is 12.8. The van der Waals surface area contributed by atoms with Crippen molar-refractivity contribution < 1.29 is 22.4 Å². The third-order valence-corrected chi connectivity index (χ3v) is 10.5. The van der Waals surface area contributed by atoms with Crippen LogP contribution in [0.3, 0.4) is 0 Å². The average molecular weight is 642 g/mol. The number of sulfonamides is 1. The molecule has 0 radical (unpaired) electrons. The quantitative estimate of drug-likeness (QED) is 0.262. The molecule has 0 aliphatic carbocycles. The molecule has 1 N–H and O–H groups in total. The molecule has 5 rings (SSSR count).